The van der Waals surface area contributed by atoms with Crippen molar-refractivity contribution in [2.45, 2.75) is 46.3 Å². The molecule has 0 fully saturated rings. The molecule has 1 rings (SSSR count). The van der Waals surface area contributed by atoms with Gasteiger partial charge in [0.15, 0.2) is 0 Å². The molecule has 4 nitrogen and oxygen atoms in total. The largest absolute Gasteiger partial charge is 0.464 e. The van der Waals surface area contributed by atoms with E-state index in [0.717, 1.165) is 11.5 Å². The molecule has 0 aromatic carbocycles. The normalized spacial score (nSPS) is 12.9. The third-order valence-corrected chi connectivity index (χ3v) is 2.42. The molecule has 0 aliphatic rings. The van der Waals surface area contributed by atoms with Crippen molar-refractivity contribution in [3.63, 3.8) is 0 Å². The van der Waals surface area contributed by atoms with Gasteiger partial charge in [0.2, 0.25) is 5.91 Å². The van der Waals surface area contributed by atoms with Crippen molar-refractivity contribution in [3.05, 3.63) is 23.7 Å². The number of nitrogens with zero attached hydrogens (tertiary/aromatic N) is 1. The van der Waals surface area contributed by atoms with Gasteiger partial charge in [-0.3, -0.25) is 4.79 Å². The van der Waals surface area contributed by atoms with Crippen molar-refractivity contribution in [2.24, 2.45) is 5.73 Å². The monoisotopic (exact) mass is 224 g/mol. The highest BCUT2D eigenvalue weighted by Gasteiger charge is 2.21. The standard InChI is InChI=1S/C12H20N2O2/c1-8(2)14(12(15)10(4)13)7-11-6-5-9(3)16-11/h5-6,8,10H,7,13H2,1-4H3. The summed E-state index contributed by atoms with van der Waals surface area (Å²) in [7, 11) is 0. The number of rotatable bonds is 4. The predicted octanol–water partition coefficient (Wildman–Crippen LogP) is 1.67. The Balaban J connectivity index is 2.76. The number of nitrogens with two attached hydrogens (primary N) is 1. The first kappa shape index (κ1) is 12.8. The van der Waals surface area contributed by atoms with Crippen molar-refractivity contribution in [1.82, 2.24) is 4.90 Å². The topological polar surface area (TPSA) is 59.5 Å². The lowest BCUT2D eigenvalue weighted by Gasteiger charge is -2.27. The van der Waals surface area contributed by atoms with Crippen LogP contribution in [0.25, 0.3) is 0 Å². The number of amides is 1. The van der Waals surface area contributed by atoms with Crippen LogP contribution in [0, 0.1) is 6.92 Å². The fourth-order valence-corrected chi connectivity index (χ4v) is 1.51. The first-order valence-corrected chi connectivity index (χ1v) is 5.53. The average molecular weight is 224 g/mol. The zero-order chi connectivity index (χ0) is 12.3. The minimum absolute atomic E-state index is 0.0518. The molecule has 1 aromatic heterocycles. The first-order valence-electron chi connectivity index (χ1n) is 5.53. The van der Waals surface area contributed by atoms with Crippen LogP contribution in [0.4, 0.5) is 0 Å². The fourth-order valence-electron chi connectivity index (χ4n) is 1.51. The molecule has 1 amide bonds. The Bertz CT molecular complexity index is 356. The summed E-state index contributed by atoms with van der Waals surface area (Å²) in [5, 5.41) is 0. The minimum Gasteiger partial charge on any atom is -0.464 e. The molecule has 90 valence electrons. The lowest BCUT2D eigenvalue weighted by atomic mass is 10.2. The number of furan rings is 1. The minimum atomic E-state index is -0.474. The summed E-state index contributed by atoms with van der Waals surface area (Å²) in [5.74, 6) is 1.59. The van der Waals surface area contributed by atoms with Crippen LogP contribution in [0.15, 0.2) is 16.5 Å². The Labute approximate surface area is 96.4 Å². The van der Waals surface area contributed by atoms with Crippen LogP contribution in [0.3, 0.4) is 0 Å². The third-order valence-electron chi connectivity index (χ3n) is 2.42. The Morgan fingerprint density at radius 2 is 2.06 bits per heavy atom. The van der Waals surface area contributed by atoms with E-state index in [-0.39, 0.29) is 11.9 Å². The van der Waals surface area contributed by atoms with Crippen molar-refractivity contribution in [2.75, 3.05) is 0 Å². The molecule has 0 saturated carbocycles. The second-order valence-corrected chi connectivity index (χ2v) is 4.36. The number of hydrogen-bond acceptors (Lipinski definition) is 3. The molecule has 1 heterocycles. The van der Waals surface area contributed by atoms with Gasteiger partial charge in [-0.1, -0.05) is 0 Å². The summed E-state index contributed by atoms with van der Waals surface area (Å²) in [5.41, 5.74) is 5.61. The van der Waals surface area contributed by atoms with Crippen LogP contribution < -0.4 is 5.73 Å². The number of carbonyl (C=O) groups excluding carboxylic acids is 1. The Morgan fingerprint density at radius 3 is 2.44 bits per heavy atom. The Kier molecular flexibility index (Phi) is 4.12. The van der Waals surface area contributed by atoms with Crippen molar-refractivity contribution in [3.8, 4) is 0 Å². The molecule has 0 spiro atoms. The quantitative estimate of drug-likeness (QED) is 0.846. The molecule has 2 N–H and O–H groups in total. The summed E-state index contributed by atoms with van der Waals surface area (Å²) in [6.07, 6.45) is 0. The maximum atomic E-state index is 11.9. The van der Waals surface area contributed by atoms with Crippen LogP contribution in [0.1, 0.15) is 32.3 Å². The molecule has 1 unspecified atom stereocenters. The summed E-state index contributed by atoms with van der Waals surface area (Å²) in [6, 6.07) is 3.42. The van der Waals surface area contributed by atoms with Gasteiger partial charge in [0, 0.05) is 6.04 Å². The van der Waals surface area contributed by atoms with E-state index in [1.807, 2.05) is 32.9 Å². The van der Waals surface area contributed by atoms with Gasteiger partial charge in [-0.2, -0.15) is 0 Å². The molecule has 0 aliphatic carbocycles. The second kappa shape index (κ2) is 5.16. The third kappa shape index (κ3) is 3.10. The van der Waals surface area contributed by atoms with Gasteiger partial charge in [0.05, 0.1) is 12.6 Å². The molecule has 0 saturated heterocycles. The smallest absolute Gasteiger partial charge is 0.239 e. The van der Waals surface area contributed by atoms with Crippen molar-refractivity contribution >= 4 is 5.91 Å². The Morgan fingerprint density at radius 1 is 1.44 bits per heavy atom. The summed E-state index contributed by atoms with van der Waals surface area (Å²) in [4.78, 5) is 13.6. The van der Waals surface area contributed by atoms with Gasteiger partial charge in [-0.25, -0.2) is 0 Å². The highest BCUT2D eigenvalue weighted by Crippen LogP contribution is 2.12. The molecule has 4 heteroatoms. The highest BCUT2D eigenvalue weighted by molar-refractivity contribution is 5.81. The zero-order valence-electron chi connectivity index (χ0n) is 10.4. The SMILES string of the molecule is Cc1ccc(CN(C(=O)C(C)N)C(C)C)o1. The van der Waals surface area contributed by atoms with Crippen LogP contribution in [-0.2, 0) is 11.3 Å². The van der Waals surface area contributed by atoms with Gasteiger partial charge in [0.1, 0.15) is 11.5 Å². The van der Waals surface area contributed by atoms with E-state index in [4.69, 9.17) is 10.2 Å². The second-order valence-electron chi connectivity index (χ2n) is 4.36. The molecule has 0 bridgehead atoms. The molecule has 0 radical (unpaired) electrons. The molecule has 1 aromatic rings. The number of carbonyl (C=O) groups is 1. The van der Waals surface area contributed by atoms with E-state index in [1.165, 1.54) is 0 Å². The predicted molar refractivity (Wildman–Crippen MR) is 62.8 cm³/mol. The van der Waals surface area contributed by atoms with Gasteiger partial charge >= 0.3 is 0 Å². The molecular formula is C12H20N2O2. The Hall–Kier alpha value is -1.29. The van der Waals surface area contributed by atoms with Gasteiger partial charge in [-0.05, 0) is 39.8 Å². The van der Waals surface area contributed by atoms with E-state index >= 15 is 0 Å². The fraction of sp³-hybridized carbons (Fsp3) is 0.583. The summed E-state index contributed by atoms with van der Waals surface area (Å²) >= 11 is 0. The summed E-state index contributed by atoms with van der Waals surface area (Å²) < 4.78 is 5.46. The maximum Gasteiger partial charge on any atom is 0.239 e. The molecular weight excluding hydrogens is 204 g/mol. The van der Waals surface area contributed by atoms with Crippen LogP contribution in [0.5, 0.6) is 0 Å². The van der Waals surface area contributed by atoms with Crippen LogP contribution in [-0.4, -0.2) is 22.9 Å². The number of aryl methyl sites for hydroxylation is 1. The summed E-state index contributed by atoms with van der Waals surface area (Å²) in [6.45, 7) is 8.00. The lowest BCUT2D eigenvalue weighted by molar-refractivity contribution is -0.134. The molecule has 1 atom stereocenters. The molecule has 16 heavy (non-hydrogen) atoms. The van der Waals surface area contributed by atoms with E-state index in [0.29, 0.717) is 6.54 Å². The van der Waals surface area contributed by atoms with E-state index < -0.39 is 6.04 Å². The van der Waals surface area contributed by atoms with Gasteiger partial charge in [-0.15, -0.1) is 0 Å². The van der Waals surface area contributed by atoms with E-state index in [2.05, 4.69) is 0 Å². The molecule has 0 aliphatic heterocycles. The van der Waals surface area contributed by atoms with Gasteiger partial charge in [0.25, 0.3) is 0 Å². The average Bonchev–Trinajstić information content (AvgIpc) is 2.59. The van der Waals surface area contributed by atoms with Crippen LogP contribution in [0.2, 0.25) is 0 Å². The van der Waals surface area contributed by atoms with E-state index in [9.17, 15) is 4.79 Å². The van der Waals surface area contributed by atoms with Crippen molar-refractivity contribution in [1.29, 1.82) is 0 Å². The lowest BCUT2D eigenvalue weighted by Crippen LogP contribution is -2.45. The van der Waals surface area contributed by atoms with Crippen molar-refractivity contribution < 1.29 is 9.21 Å². The maximum absolute atomic E-state index is 11.9. The zero-order valence-corrected chi connectivity index (χ0v) is 10.4. The van der Waals surface area contributed by atoms with Gasteiger partial charge < -0.3 is 15.1 Å². The van der Waals surface area contributed by atoms with Crippen LogP contribution >= 0.6 is 0 Å². The first-order chi connectivity index (χ1) is 7.41. The number of hydrogen-bond donors (Lipinski definition) is 1. The highest BCUT2D eigenvalue weighted by atomic mass is 16.3. The van der Waals surface area contributed by atoms with E-state index in [1.54, 1.807) is 11.8 Å².